The average molecular weight is 244 g/mol. The summed E-state index contributed by atoms with van der Waals surface area (Å²) < 4.78 is 0. The summed E-state index contributed by atoms with van der Waals surface area (Å²) in [5.41, 5.74) is 1.05. The second-order valence-corrected chi connectivity index (χ2v) is 4.22. The van der Waals surface area contributed by atoms with E-state index in [9.17, 15) is 0 Å². The van der Waals surface area contributed by atoms with Crippen molar-refractivity contribution in [1.29, 1.82) is 0 Å². The molecule has 1 rings (SSSR count). The third-order valence-electron chi connectivity index (χ3n) is 2.34. The minimum absolute atomic E-state index is 0.231. The lowest BCUT2D eigenvalue weighted by Gasteiger charge is -2.17. The highest BCUT2D eigenvalue weighted by Gasteiger charge is 2.12. The number of allylic oxidation sites excluding steroid dienone is 1. The molecule has 3 heteroatoms. The zero-order valence-electron chi connectivity index (χ0n) is 8.76. The van der Waals surface area contributed by atoms with Crippen molar-refractivity contribution in [1.82, 2.24) is 5.32 Å². The quantitative estimate of drug-likeness (QED) is 0.764. The van der Waals surface area contributed by atoms with Crippen LogP contribution in [-0.2, 0) is 0 Å². The fourth-order valence-corrected chi connectivity index (χ4v) is 1.95. The van der Waals surface area contributed by atoms with Crippen LogP contribution in [0.5, 0.6) is 0 Å². The SMILES string of the molecule is C=CCCC(NC)c1cc(Cl)ccc1Cl. The Kier molecular flexibility index (Phi) is 5.16. The van der Waals surface area contributed by atoms with Gasteiger partial charge in [0, 0.05) is 16.1 Å². The normalized spacial score (nSPS) is 12.5. The van der Waals surface area contributed by atoms with Crippen molar-refractivity contribution in [3.8, 4) is 0 Å². The van der Waals surface area contributed by atoms with Gasteiger partial charge in [0.05, 0.1) is 0 Å². The van der Waals surface area contributed by atoms with Crippen LogP contribution >= 0.6 is 23.2 Å². The second-order valence-electron chi connectivity index (χ2n) is 3.37. The van der Waals surface area contributed by atoms with Gasteiger partial charge in [-0.3, -0.25) is 0 Å². The van der Waals surface area contributed by atoms with Crippen molar-refractivity contribution in [3.05, 3.63) is 46.5 Å². The van der Waals surface area contributed by atoms with Crippen molar-refractivity contribution < 1.29 is 0 Å². The van der Waals surface area contributed by atoms with Gasteiger partial charge in [-0.2, -0.15) is 0 Å². The zero-order valence-corrected chi connectivity index (χ0v) is 10.3. The molecule has 0 fully saturated rings. The summed E-state index contributed by atoms with van der Waals surface area (Å²) in [4.78, 5) is 0. The fourth-order valence-electron chi connectivity index (χ4n) is 1.52. The van der Waals surface area contributed by atoms with Gasteiger partial charge >= 0.3 is 0 Å². The van der Waals surface area contributed by atoms with Gasteiger partial charge in [0.1, 0.15) is 0 Å². The van der Waals surface area contributed by atoms with Crippen molar-refractivity contribution in [2.45, 2.75) is 18.9 Å². The highest BCUT2D eigenvalue weighted by molar-refractivity contribution is 6.33. The molecular weight excluding hydrogens is 229 g/mol. The molecule has 0 aliphatic rings. The van der Waals surface area contributed by atoms with Crippen molar-refractivity contribution in [3.63, 3.8) is 0 Å². The Morgan fingerprint density at radius 1 is 1.47 bits per heavy atom. The minimum Gasteiger partial charge on any atom is -0.313 e. The maximum Gasteiger partial charge on any atom is 0.0454 e. The lowest BCUT2D eigenvalue weighted by molar-refractivity contribution is 0.555. The lowest BCUT2D eigenvalue weighted by atomic mass is 10.0. The van der Waals surface area contributed by atoms with Gasteiger partial charge in [-0.1, -0.05) is 29.3 Å². The largest absolute Gasteiger partial charge is 0.313 e. The Labute approximate surface area is 101 Å². The summed E-state index contributed by atoms with van der Waals surface area (Å²) in [6.07, 6.45) is 3.83. The molecule has 0 aliphatic heterocycles. The van der Waals surface area contributed by atoms with Crippen LogP contribution in [0.25, 0.3) is 0 Å². The molecular formula is C12H15Cl2N. The van der Waals surface area contributed by atoms with E-state index in [1.165, 1.54) is 0 Å². The van der Waals surface area contributed by atoms with E-state index in [4.69, 9.17) is 23.2 Å². The second kappa shape index (κ2) is 6.16. The van der Waals surface area contributed by atoms with E-state index in [1.807, 2.05) is 25.3 Å². The smallest absolute Gasteiger partial charge is 0.0454 e. The van der Waals surface area contributed by atoms with Crippen molar-refractivity contribution >= 4 is 23.2 Å². The van der Waals surface area contributed by atoms with Crippen LogP contribution in [0.2, 0.25) is 10.0 Å². The van der Waals surface area contributed by atoms with Crippen LogP contribution in [0.3, 0.4) is 0 Å². The van der Waals surface area contributed by atoms with E-state index in [2.05, 4.69) is 11.9 Å². The number of rotatable bonds is 5. The Morgan fingerprint density at radius 3 is 2.80 bits per heavy atom. The molecule has 0 amide bonds. The van der Waals surface area contributed by atoms with Gasteiger partial charge in [0.15, 0.2) is 0 Å². The summed E-state index contributed by atoms with van der Waals surface area (Å²) in [7, 11) is 1.92. The maximum absolute atomic E-state index is 6.12. The van der Waals surface area contributed by atoms with E-state index in [1.54, 1.807) is 6.07 Å². The molecule has 0 aromatic heterocycles. The number of halogens is 2. The third-order valence-corrected chi connectivity index (χ3v) is 2.92. The Hall–Kier alpha value is -0.500. The highest BCUT2D eigenvalue weighted by Crippen LogP contribution is 2.28. The molecule has 1 aromatic rings. The first-order valence-electron chi connectivity index (χ1n) is 4.92. The van der Waals surface area contributed by atoms with Gasteiger partial charge in [0.25, 0.3) is 0 Å². The summed E-state index contributed by atoms with van der Waals surface area (Å²) in [5, 5.41) is 4.70. The first-order chi connectivity index (χ1) is 7.19. The molecule has 0 heterocycles. The first-order valence-corrected chi connectivity index (χ1v) is 5.67. The van der Waals surface area contributed by atoms with Gasteiger partial charge in [-0.05, 0) is 43.7 Å². The molecule has 1 atom stereocenters. The van der Waals surface area contributed by atoms with Gasteiger partial charge < -0.3 is 5.32 Å². The Balaban J connectivity index is 2.89. The van der Waals surface area contributed by atoms with Gasteiger partial charge in [-0.15, -0.1) is 6.58 Å². The molecule has 0 aliphatic carbocycles. The molecule has 82 valence electrons. The van der Waals surface area contributed by atoms with Gasteiger partial charge in [0.2, 0.25) is 0 Å². The number of hydrogen-bond acceptors (Lipinski definition) is 1. The maximum atomic E-state index is 6.12. The van der Waals surface area contributed by atoms with E-state index < -0.39 is 0 Å². The van der Waals surface area contributed by atoms with Crippen LogP contribution in [0.1, 0.15) is 24.4 Å². The molecule has 1 N–H and O–H groups in total. The predicted molar refractivity (Wildman–Crippen MR) is 67.7 cm³/mol. The fraction of sp³-hybridized carbons (Fsp3) is 0.333. The number of benzene rings is 1. The molecule has 0 spiro atoms. The number of hydrogen-bond donors (Lipinski definition) is 1. The van der Waals surface area contributed by atoms with Crippen LogP contribution in [0, 0.1) is 0 Å². The van der Waals surface area contributed by atoms with Crippen LogP contribution < -0.4 is 5.32 Å². The summed E-state index contributed by atoms with van der Waals surface area (Å²) >= 11 is 12.1. The molecule has 0 saturated heterocycles. The molecule has 0 saturated carbocycles. The summed E-state index contributed by atoms with van der Waals surface area (Å²) in [6.45, 7) is 3.71. The molecule has 0 bridgehead atoms. The third kappa shape index (κ3) is 3.53. The van der Waals surface area contributed by atoms with E-state index >= 15 is 0 Å². The summed E-state index contributed by atoms with van der Waals surface area (Å²) in [6, 6.07) is 5.77. The minimum atomic E-state index is 0.231. The Morgan fingerprint density at radius 2 is 2.20 bits per heavy atom. The van der Waals surface area contributed by atoms with Crippen molar-refractivity contribution in [2.24, 2.45) is 0 Å². The monoisotopic (exact) mass is 243 g/mol. The predicted octanol–water partition coefficient (Wildman–Crippen LogP) is 4.22. The Bertz CT molecular complexity index is 336. The van der Waals surface area contributed by atoms with Crippen LogP contribution in [-0.4, -0.2) is 7.05 Å². The topological polar surface area (TPSA) is 12.0 Å². The molecule has 1 nitrogen and oxygen atoms in total. The first kappa shape index (κ1) is 12.6. The molecule has 15 heavy (non-hydrogen) atoms. The molecule has 1 unspecified atom stereocenters. The van der Waals surface area contributed by atoms with Crippen LogP contribution in [0.15, 0.2) is 30.9 Å². The van der Waals surface area contributed by atoms with E-state index in [0.29, 0.717) is 5.02 Å². The molecule has 1 aromatic carbocycles. The standard InChI is InChI=1S/C12H15Cl2N/c1-3-4-5-12(15-2)10-8-9(13)6-7-11(10)14/h3,6-8,12,15H,1,4-5H2,2H3. The average Bonchev–Trinajstić information content (AvgIpc) is 2.24. The van der Waals surface area contributed by atoms with Crippen molar-refractivity contribution in [2.75, 3.05) is 7.05 Å². The summed E-state index contributed by atoms with van der Waals surface area (Å²) in [5.74, 6) is 0. The van der Waals surface area contributed by atoms with Crippen LogP contribution in [0.4, 0.5) is 0 Å². The van der Waals surface area contributed by atoms with E-state index in [0.717, 1.165) is 23.4 Å². The van der Waals surface area contributed by atoms with Gasteiger partial charge in [-0.25, -0.2) is 0 Å². The van der Waals surface area contributed by atoms with E-state index in [-0.39, 0.29) is 6.04 Å². The number of nitrogens with one attached hydrogen (secondary N) is 1. The lowest BCUT2D eigenvalue weighted by Crippen LogP contribution is -2.16. The molecule has 0 radical (unpaired) electrons. The zero-order chi connectivity index (χ0) is 11.3. The highest BCUT2D eigenvalue weighted by atomic mass is 35.5.